The van der Waals surface area contributed by atoms with E-state index in [1.165, 1.54) is 0 Å². The summed E-state index contributed by atoms with van der Waals surface area (Å²) in [4.78, 5) is 0. The molecule has 0 spiro atoms. The van der Waals surface area contributed by atoms with E-state index in [2.05, 4.69) is 0 Å². The molecule has 0 saturated heterocycles. The minimum atomic E-state index is 0. The molecule has 4 N–H and O–H groups in total. The van der Waals surface area contributed by atoms with Gasteiger partial charge in [-0.05, 0) is 0 Å². The summed E-state index contributed by atoms with van der Waals surface area (Å²) in [6, 6.07) is 0. The smallest absolute Gasteiger partial charge is 0.870 e. The molecular formula is H4KNaO4. The Morgan fingerprint density at radius 3 is 0.833 bits per heavy atom. The molecule has 0 aromatic rings. The van der Waals surface area contributed by atoms with Crippen molar-refractivity contribution < 1.29 is 102 Å². The van der Waals surface area contributed by atoms with Crippen molar-refractivity contribution in [2.24, 2.45) is 0 Å². The first-order chi connectivity index (χ1) is 1.00. The van der Waals surface area contributed by atoms with E-state index in [1.54, 1.807) is 0 Å². The molecule has 0 radical (unpaired) electrons. The molecule has 0 aliphatic rings. The molecule has 0 saturated carbocycles. The van der Waals surface area contributed by atoms with Crippen LogP contribution in [0.15, 0.2) is 0 Å². The van der Waals surface area contributed by atoms with Gasteiger partial charge >= 0.3 is 80.9 Å². The molecule has 0 aliphatic heterocycles. The molecule has 0 unspecified atom stereocenters. The summed E-state index contributed by atoms with van der Waals surface area (Å²) < 4.78 is 0. The fraction of sp³-hybridized carbons (Fsp3) is 0. The van der Waals surface area contributed by atoms with Gasteiger partial charge in [-0.2, -0.15) is 0 Å². The summed E-state index contributed by atoms with van der Waals surface area (Å²) in [6.07, 6.45) is 0. The van der Waals surface area contributed by atoms with Gasteiger partial charge in [0.25, 0.3) is 0 Å². The summed E-state index contributed by atoms with van der Waals surface area (Å²) in [6.45, 7) is 0. The van der Waals surface area contributed by atoms with E-state index in [1.807, 2.05) is 0 Å². The molecule has 4 nitrogen and oxygen atoms in total. The minimum Gasteiger partial charge on any atom is -0.870 e. The molecule has 0 amide bonds. The molecule has 0 fully saturated rings. The molecule has 0 aromatic carbocycles. The van der Waals surface area contributed by atoms with Crippen LogP contribution in [0.25, 0.3) is 0 Å². The van der Waals surface area contributed by atoms with Crippen molar-refractivity contribution in [1.82, 2.24) is 0 Å². The van der Waals surface area contributed by atoms with Crippen LogP contribution in [-0.2, 0) is 0 Å². The van der Waals surface area contributed by atoms with Crippen LogP contribution in [0.5, 0.6) is 0 Å². The molecule has 0 aliphatic carbocycles. The Labute approximate surface area is 100 Å². The van der Waals surface area contributed by atoms with Crippen molar-refractivity contribution >= 4 is 0 Å². The molecule has 0 atom stereocenters. The van der Waals surface area contributed by atoms with Gasteiger partial charge < -0.3 is 11.0 Å². The first-order valence-electron chi connectivity index (χ1n) is 0.200. The number of hydrogen-bond donors (Lipinski definition) is 2. The summed E-state index contributed by atoms with van der Waals surface area (Å²) in [5.41, 5.74) is 0. The van der Waals surface area contributed by atoms with Crippen molar-refractivity contribution in [2.75, 3.05) is 0 Å². The van der Waals surface area contributed by atoms with Gasteiger partial charge in [0.05, 0.1) is 0 Å². The molecule has 6 heavy (non-hydrogen) atoms. The first kappa shape index (κ1) is 39.2. The van der Waals surface area contributed by atoms with E-state index in [0.29, 0.717) is 0 Å². The fourth-order valence-electron chi connectivity index (χ4n) is 0. The third kappa shape index (κ3) is 31.7. The summed E-state index contributed by atoms with van der Waals surface area (Å²) in [5, 5.41) is 12.0. The largest absolute Gasteiger partial charge is 1.00 e. The van der Waals surface area contributed by atoms with E-state index in [4.69, 9.17) is 10.5 Å². The molecular weight excluding hydrogens is 126 g/mol. The zero-order chi connectivity index (χ0) is 2.00. The second kappa shape index (κ2) is 51.1. The van der Waals surface area contributed by atoms with Gasteiger partial charge in [-0.15, -0.1) is 0 Å². The maximum absolute atomic E-state index is 6.00. The van der Waals surface area contributed by atoms with E-state index >= 15 is 0 Å². The quantitative estimate of drug-likeness (QED) is 0.193. The van der Waals surface area contributed by atoms with Crippen molar-refractivity contribution in [3.63, 3.8) is 0 Å². The second-order valence-corrected chi connectivity index (χ2v) is 0. The van der Waals surface area contributed by atoms with Crippen molar-refractivity contribution in [3.05, 3.63) is 0 Å². The summed E-state index contributed by atoms with van der Waals surface area (Å²) in [7, 11) is 0. The van der Waals surface area contributed by atoms with E-state index < -0.39 is 0 Å². The maximum Gasteiger partial charge on any atom is 1.00 e. The van der Waals surface area contributed by atoms with Crippen molar-refractivity contribution in [2.45, 2.75) is 0 Å². The SMILES string of the molecule is OO.[K+].[Na+].[OH-].[OH-]. The molecule has 0 aromatic heterocycles. The molecule has 0 heterocycles. The third-order valence-corrected chi connectivity index (χ3v) is 0. The predicted molar refractivity (Wildman–Crippen MR) is 9.13 cm³/mol. The Balaban J connectivity index is -0.000000000833. The molecule has 0 rings (SSSR count). The third-order valence-electron chi connectivity index (χ3n) is 0. The topological polar surface area (TPSA) is 100 Å². The molecule has 30 valence electrons. The number of hydrogen-bond acceptors (Lipinski definition) is 4. The minimum absolute atomic E-state index is 0. The van der Waals surface area contributed by atoms with Gasteiger partial charge in [0, 0.05) is 0 Å². The fourth-order valence-corrected chi connectivity index (χ4v) is 0. The Morgan fingerprint density at radius 1 is 0.833 bits per heavy atom. The molecule has 0 bridgehead atoms. The predicted octanol–water partition coefficient (Wildman–Crippen LogP) is -6.33. The Hall–Kier alpha value is 2.48. The average molecular weight is 130 g/mol. The van der Waals surface area contributed by atoms with Gasteiger partial charge in [0.15, 0.2) is 0 Å². The van der Waals surface area contributed by atoms with Crippen molar-refractivity contribution in [3.8, 4) is 0 Å². The Kier molecular flexibility index (Phi) is 334. The van der Waals surface area contributed by atoms with Crippen LogP contribution in [-0.4, -0.2) is 21.5 Å². The van der Waals surface area contributed by atoms with E-state index in [0.717, 1.165) is 0 Å². The average Bonchev–Trinajstić information content (AvgIpc) is 1.00. The zero-order valence-corrected chi connectivity index (χ0v) is 8.91. The van der Waals surface area contributed by atoms with Crippen LogP contribution < -0.4 is 80.9 Å². The van der Waals surface area contributed by atoms with Crippen LogP contribution in [0.3, 0.4) is 0 Å². The summed E-state index contributed by atoms with van der Waals surface area (Å²) >= 11 is 0. The molecule has 6 heteroatoms. The van der Waals surface area contributed by atoms with E-state index in [-0.39, 0.29) is 91.9 Å². The first-order valence-corrected chi connectivity index (χ1v) is 0.200. The normalized spacial score (nSPS) is 1.00. The van der Waals surface area contributed by atoms with Gasteiger partial charge in [-0.25, -0.2) is 0 Å². The Bertz CT molecular complexity index is 7.51. The van der Waals surface area contributed by atoms with Gasteiger partial charge in [-0.3, -0.25) is 10.5 Å². The summed E-state index contributed by atoms with van der Waals surface area (Å²) in [5.74, 6) is 0. The maximum atomic E-state index is 6.00. The number of rotatable bonds is 0. The second-order valence-electron chi connectivity index (χ2n) is 0. The standard InChI is InChI=1S/K.Na.H2O2.2H2O/c;;1-2;;/h;;1-2H;2*1H2/q2*+1;;;/p-2. The van der Waals surface area contributed by atoms with Crippen LogP contribution in [0.2, 0.25) is 0 Å². The monoisotopic (exact) mass is 130 g/mol. The van der Waals surface area contributed by atoms with Crippen molar-refractivity contribution in [1.29, 1.82) is 0 Å². The van der Waals surface area contributed by atoms with Crippen LogP contribution in [0.1, 0.15) is 0 Å². The van der Waals surface area contributed by atoms with Gasteiger partial charge in [0.1, 0.15) is 0 Å². The van der Waals surface area contributed by atoms with Crippen LogP contribution in [0.4, 0.5) is 0 Å². The van der Waals surface area contributed by atoms with Gasteiger partial charge in [0.2, 0.25) is 0 Å². The van der Waals surface area contributed by atoms with E-state index in [9.17, 15) is 0 Å². The van der Waals surface area contributed by atoms with Gasteiger partial charge in [-0.1, -0.05) is 0 Å². The van der Waals surface area contributed by atoms with Crippen LogP contribution in [0, 0.1) is 0 Å². The zero-order valence-electron chi connectivity index (χ0n) is 3.79. The Morgan fingerprint density at radius 2 is 0.833 bits per heavy atom. The van der Waals surface area contributed by atoms with Crippen LogP contribution >= 0.6 is 0 Å².